The first-order chi connectivity index (χ1) is 10.3. The third-order valence-corrected chi connectivity index (χ3v) is 5.23. The van der Waals surface area contributed by atoms with E-state index in [2.05, 4.69) is 46.5 Å². The number of aromatic nitrogens is 2. The normalized spacial score (nSPS) is 10.9. The van der Waals surface area contributed by atoms with E-state index in [0.29, 0.717) is 0 Å². The van der Waals surface area contributed by atoms with E-state index < -0.39 is 0 Å². The Labute approximate surface area is 132 Å². The summed E-state index contributed by atoms with van der Waals surface area (Å²) < 4.78 is 2.34. The Bertz CT molecular complexity index is 691. The van der Waals surface area contributed by atoms with Crippen LogP contribution in [0.25, 0.3) is 10.2 Å². The first-order valence-electron chi connectivity index (χ1n) is 7.02. The molecule has 0 aliphatic rings. The highest BCUT2D eigenvalue weighted by Crippen LogP contribution is 2.31. The summed E-state index contributed by atoms with van der Waals surface area (Å²) in [7, 11) is 0. The Morgan fingerprint density at radius 1 is 1.24 bits per heavy atom. The molecular weight excluding hydrogens is 298 g/mol. The van der Waals surface area contributed by atoms with E-state index in [0.717, 1.165) is 40.0 Å². The largest absolute Gasteiger partial charge is 0.385 e. The Morgan fingerprint density at radius 3 is 3.00 bits per heavy atom. The van der Waals surface area contributed by atoms with Gasteiger partial charge < -0.3 is 5.32 Å². The summed E-state index contributed by atoms with van der Waals surface area (Å²) in [5.41, 5.74) is 3.31. The van der Waals surface area contributed by atoms with Crippen LogP contribution in [0.1, 0.15) is 19.0 Å². The molecule has 1 aromatic carbocycles. The highest BCUT2D eigenvalue weighted by atomic mass is 32.2. The van der Waals surface area contributed by atoms with Crippen LogP contribution in [0.4, 0.5) is 5.69 Å². The Morgan fingerprint density at radius 2 is 2.14 bits per heavy atom. The quantitative estimate of drug-likeness (QED) is 0.663. The van der Waals surface area contributed by atoms with Crippen molar-refractivity contribution in [2.24, 2.45) is 0 Å². The van der Waals surface area contributed by atoms with E-state index in [1.807, 2.05) is 18.3 Å². The van der Waals surface area contributed by atoms with Gasteiger partial charge in [-0.2, -0.15) is 0 Å². The Hall–Kier alpha value is -1.59. The van der Waals surface area contributed by atoms with Crippen molar-refractivity contribution in [2.45, 2.75) is 23.4 Å². The zero-order valence-electron chi connectivity index (χ0n) is 11.9. The summed E-state index contributed by atoms with van der Waals surface area (Å²) in [5.74, 6) is 0.849. The summed E-state index contributed by atoms with van der Waals surface area (Å²) in [6.07, 6.45) is 2.99. The summed E-state index contributed by atoms with van der Waals surface area (Å²) in [4.78, 5) is 9.07. The molecule has 0 aliphatic heterocycles. The van der Waals surface area contributed by atoms with Crippen molar-refractivity contribution < 1.29 is 0 Å². The maximum Gasteiger partial charge on any atom is 0.151 e. The van der Waals surface area contributed by atoms with Crippen LogP contribution in [0.2, 0.25) is 0 Å². The van der Waals surface area contributed by atoms with Gasteiger partial charge in [0.05, 0.1) is 15.9 Å². The third-order valence-electron chi connectivity index (χ3n) is 3.01. The van der Waals surface area contributed by atoms with Gasteiger partial charge in [-0.05, 0) is 30.7 Å². The van der Waals surface area contributed by atoms with Gasteiger partial charge in [-0.15, -0.1) is 11.3 Å². The highest BCUT2D eigenvalue weighted by Gasteiger charge is 2.05. The molecule has 0 saturated carbocycles. The zero-order chi connectivity index (χ0) is 14.5. The molecule has 0 bridgehead atoms. The lowest BCUT2D eigenvalue weighted by atomic mass is 10.3. The van der Waals surface area contributed by atoms with Crippen molar-refractivity contribution in [1.82, 2.24) is 9.97 Å². The number of para-hydroxylation sites is 1. The second kappa shape index (κ2) is 6.91. The third kappa shape index (κ3) is 3.74. The van der Waals surface area contributed by atoms with Crippen molar-refractivity contribution in [2.75, 3.05) is 11.9 Å². The zero-order valence-corrected chi connectivity index (χ0v) is 13.5. The predicted molar refractivity (Wildman–Crippen MR) is 92.2 cm³/mol. The van der Waals surface area contributed by atoms with E-state index in [9.17, 15) is 0 Å². The van der Waals surface area contributed by atoms with Crippen LogP contribution < -0.4 is 5.32 Å². The molecule has 0 aliphatic carbocycles. The second-order valence-electron chi connectivity index (χ2n) is 4.70. The number of benzene rings is 1. The first kappa shape index (κ1) is 14.4. The van der Waals surface area contributed by atoms with Crippen LogP contribution >= 0.6 is 23.1 Å². The molecule has 2 heterocycles. The molecule has 3 nitrogen and oxygen atoms in total. The van der Waals surface area contributed by atoms with Crippen LogP contribution in [0, 0.1) is 0 Å². The average Bonchev–Trinajstić information content (AvgIpc) is 2.94. The molecule has 0 spiro atoms. The molecule has 0 atom stereocenters. The van der Waals surface area contributed by atoms with Crippen molar-refractivity contribution in [1.29, 1.82) is 0 Å². The van der Waals surface area contributed by atoms with Crippen molar-refractivity contribution >= 4 is 39.0 Å². The van der Waals surface area contributed by atoms with Crippen molar-refractivity contribution in [3.63, 3.8) is 0 Å². The fraction of sp³-hybridized carbons (Fsp3) is 0.250. The van der Waals surface area contributed by atoms with E-state index >= 15 is 0 Å². The fourth-order valence-electron chi connectivity index (χ4n) is 1.98. The van der Waals surface area contributed by atoms with E-state index in [-0.39, 0.29) is 0 Å². The Kier molecular flexibility index (Phi) is 4.72. The minimum atomic E-state index is 0.849. The number of hydrogen-bond donors (Lipinski definition) is 1. The van der Waals surface area contributed by atoms with Crippen LogP contribution in [0.15, 0.2) is 46.9 Å². The van der Waals surface area contributed by atoms with Crippen LogP contribution in [-0.2, 0) is 5.75 Å². The maximum atomic E-state index is 4.64. The minimum Gasteiger partial charge on any atom is -0.385 e. The van der Waals surface area contributed by atoms with Gasteiger partial charge in [-0.1, -0.05) is 30.8 Å². The molecule has 108 valence electrons. The lowest BCUT2D eigenvalue weighted by molar-refractivity contribution is 0.977. The predicted octanol–water partition coefficient (Wildman–Crippen LogP) is 4.81. The van der Waals surface area contributed by atoms with Crippen LogP contribution in [-0.4, -0.2) is 16.5 Å². The summed E-state index contributed by atoms with van der Waals surface area (Å²) in [6.45, 7) is 3.16. The molecule has 3 rings (SSSR count). The number of fused-ring (bicyclic) bond motifs is 1. The molecule has 0 amide bonds. The fourth-order valence-corrected chi connectivity index (χ4v) is 3.96. The van der Waals surface area contributed by atoms with Gasteiger partial charge in [0.25, 0.3) is 0 Å². The molecule has 1 N–H and O–H groups in total. The molecule has 5 heteroatoms. The second-order valence-corrected chi connectivity index (χ2v) is 6.95. The number of nitrogens with zero attached hydrogens (tertiary/aromatic N) is 2. The van der Waals surface area contributed by atoms with Crippen LogP contribution in [0.5, 0.6) is 0 Å². The van der Waals surface area contributed by atoms with Gasteiger partial charge in [0.15, 0.2) is 4.34 Å². The topological polar surface area (TPSA) is 37.8 Å². The number of hydrogen-bond acceptors (Lipinski definition) is 5. The number of pyridine rings is 1. The Balaban J connectivity index is 1.66. The van der Waals surface area contributed by atoms with Gasteiger partial charge in [0.1, 0.15) is 0 Å². The summed E-state index contributed by atoms with van der Waals surface area (Å²) in [6, 6.07) is 12.4. The number of rotatable bonds is 6. The lowest BCUT2D eigenvalue weighted by Gasteiger charge is -2.05. The van der Waals surface area contributed by atoms with Gasteiger partial charge in [-0.25, -0.2) is 4.98 Å². The molecule has 0 unspecified atom stereocenters. The van der Waals surface area contributed by atoms with Gasteiger partial charge >= 0.3 is 0 Å². The lowest BCUT2D eigenvalue weighted by Crippen LogP contribution is -2.00. The molecule has 0 radical (unpaired) electrons. The number of anilines is 1. The standard InChI is InChI=1S/C16H17N3S2/c1-2-8-17-12-7-9-18-13(10-12)11-20-16-19-14-5-3-4-6-15(14)21-16/h3-7,9-10H,2,8,11H2,1H3,(H,17,18). The van der Waals surface area contributed by atoms with Crippen LogP contribution in [0.3, 0.4) is 0 Å². The molecule has 0 saturated heterocycles. The average molecular weight is 315 g/mol. The molecule has 3 aromatic rings. The monoisotopic (exact) mass is 315 g/mol. The SMILES string of the molecule is CCCNc1ccnc(CSc2nc3ccccc3s2)c1. The molecule has 0 fully saturated rings. The first-order valence-corrected chi connectivity index (χ1v) is 8.82. The minimum absolute atomic E-state index is 0.849. The summed E-state index contributed by atoms with van der Waals surface area (Å²) in [5, 5.41) is 3.39. The number of thiazole rings is 1. The highest BCUT2D eigenvalue weighted by molar-refractivity contribution is 8.00. The van der Waals surface area contributed by atoms with Gasteiger partial charge in [0.2, 0.25) is 0 Å². The molecule has 2 aromatic heterocycles. The van der Waals surface area contributed by atoms with Crippen molar-refractivity contribution in [3.05, 3.63) is 48.3 Å². The number of thioether (sulfide) groups is 1. The number of nitrogens with one attached hydrogen (secondary N) is 1. The maximum absolute atomic E-state index is 4.64. The van der Waals surface area contributed by atoms with E-state index in [1.54, 1.807) is 23.1 Å². The van der Waals surface area contributed by atoms with Gasteiger partial charge in [-0.3, -0.25) is 4.98 Å². The molecule has 21 heavy (non-hydrogen) atoms. The van der Waals surface area contributed by atoms with E-state index in [1.165, 1.54) is 4.70 Å². The van der Waals surface area contributed by atoms with E-state index in [4.69, 9.17) is 0 Å². The van der Waals surface area contributed by atoms with Gasteiger partial charge in [0, 0.05) is 24.2 Å². The smallest absolute Gasteiger partial charge is 0.151 e. The molecular formula is C16H17N3S2. The van der Waals surface area contributed by atoms with Crippen molar-refractivity contribution in [3.8, 4) is 0 Å². The summed E-state index contributed by atoms with van der Waals surface area (Å²) >= 11 is 3.49.